The molecule has 0 fully saturated rings. The van der Waals surface area contributed by atoms with Crippen LogP contribution in [-0.2, 0) is 0 Å². The fourth-order valence-corrected chi connectivity index (χ4v) is 2.05. The van der Waals surface area contributed by atoms with Crippen molar-refractivity contribution in [1.29, 1.82) is 0 Å². The molecule has 2 heterocycles. The first-order chi connectivity index (χ1) is 9.15. The molecule has 2 aromatic heterocycles. The lowest BCUT2D eigenvalue weighted by molar-refractivity contribution is 0.0697. The molecule has 19 heavy (non-hydrogen) atoms. The molecule has 3 rings (SSSR count). The van der Waals surface area contributed by atoms with Gasteiger partial charge in [0.25, 0.3) is 0 Å². The second kappa shape index (κ2) is 4.24. The van der Waals surface area contributed by atoms with Crippen LogP contribution in [0.5, 0.6) is 0 Å². The fourth-order valence-electron chi connectivity index (χ4n) is 2.05. The summed E-state index contributed by atoms with van der Waals surface area (Å²) < 4.78 is 1.89. The first kappa shape index (κ1) is 11.5. The minimum atomic E-state index is -0.930. The molecular formula is C15H12N2O2. The van der Waals surface area contributed by atoms with E-state index in [1.54, 1.807) is 24.5 Å². The number of nitrogens with zero attached hydrogens (tertiary/aromatic N) is 2. The molecule has 0 saturated heterocycles. The zero-order valence-corrected chi connectivity index (χ0v) is 10.4. The molecule has 0 amide bonds. The Labute approximate surface area is 110 Å². The minimum absolute atomic E-state index is 0.267. The maximum atomic E-state index is 10.9. The predicted molar refractivity (Wildman–Crippen MR) is 72.3 cm³/mol. The van der Waals surface area contributed by atoms with E-state index >= 15 is 0 Å². The molecule has 94 valence electrons. The normalized spacial score (nSPS) is 10.8. The number of rotatable bonds is 2. The summed E-state index contributed by atoms with van der Waals surface area (Å²) in [4.78, 5) is 15.3. The number of aryl methyl sites for hydroxylation is 1. The number of hydrogen-bond donors (Lipinski definition) is 1. The van der Waals surface area contributed by atoms with E-state index in [1.807, 2.05) is 35.6 Å². The summed E-state index contributed by atoms with van der Waals surface area (Å²) in [5.74, 6) is -0.118. The molecule has 0 atom stereocenters. The Morgan fingerprint density at radius 3 is 2.63 bits per heavy atom. The molecule has 4 heteroatoms. The van der Waals surface area contributed by atoms with Crippen molar-refractivity contribution < 1.29 is 9.90 Å². The smallest absolute Gasteiger partial charge is 0.335 e. The highest BCUT2D eigenvalue weighted by Gasteiger charge is 2.09. The Morgan fingerprint density at radius 1 is 1.21 bits per heavy atom. The summed E-state index contributed by atoms with van der Waals surface area (Å²) in [6.07, 6.45) is 3.42. The first-order valence-electron chi connectivity index (χ1n) is 5.92. The number of carbonyl (C=O) groups is 1. The molecule has 0 aliphatic heterocycles. The van der Waals surface area contributed by atoms with E-state index < -0.39 is 5.97 Å². The Morgan fingerprint density at radius 2 is 1.95 bits per heavy atom. The number of carboxylic acid groups (broad SMARTS) is 1. The average Bonchev–Trinajstić information content (AvgIpc) is 2.82. The van der Waals surface area contributed by atoms with Crippen molar-refractivity contribution >= 4 is 11.5 Å². The Bertz CT molecular complexity index is 757. The second-order valence-corrected chi connectivity index (χ2v) is 4.46. The van der Waals surface area contributed by atoms with E-state index in [1.165, 1.54) is 5.56 Å². The van der Waals surface area contributed by atoms with Crippen LogP contribution < -0.4 is 0 Å². The second-order valence-electron chi connectivity index (χ2n) is 4.46. The Kier molecular flexibility index (Phi) is 2.56. The van der Waals surface area contributed by atoms with Gasteiger partial charge in [-0.15, -0.1) is 0 Å². The summed E-state index contributed by atoms with van der Waals surface area (Å²) >= 11 is 0. The first-order valence-corrected chi connectivity index (χ1v) is 5.92. The lowest BCUT2D eigenvalue weighted by Gasteiger charge is -2.03. The van der Waals surface area contributed by atoms with Crippen LogP contribution in [0.25, 0.3) is 16.9 Å². The highest BCUT2D eigenvalue weighted by Crippen LogP contribution is 2.20. The van der Waals surface area contributed by atoms with Gasteiger partial charge in [0.15, 0.2) is 0 Å². The average molecular weight is 252 g/mol. The third-order valence-corrected chi connectivity index (χ3v) is 3.09. The van der Waals surface area contributed by atoms with Gasteiger partial charge in [0.1, 0.15) is 5.82 Å². The van der Waals surface area contributed by atoms with Gasteiger partial charge in [0.2, 0.25) is 0 Å². The molecular weight excluding hydrogens is 240 g/mol. The van der Waals surface area contributed by atoms with E-state index in [-0.39, 0.29) is 5.56 Å². The van der Waals surface area contributed by atoms with E-state index in [2.05, 4.69) is 4.98 Å². The van der Waals surface area contributed by atoms with Crippen LogP contribution in [0, 0.1) is 6.92 Å². The molecule has 4 nitrogen and oxygen atoms in total. The van der Waals surface area contributed by atoms with Gasteiger partial charge < -0.3 is 5.11 Å². The molecule has 0 radical (unpaired) electrons. The number of aromatic nitrogens is 2. The van der Waals surface area contributed by atoms with Crippen LogP contribution in [0.15, 0.2) is 48.8 Å². The van der Waals surface area contributed by atoms with Crippen molar-refractivity contribution in [1.82, 2.24) is 9.38 Å². The van der Waals surface area contributed by atoms with Gasteiger partial charge in [0.05, 0.1) is 17.3 Å². The van der Waals surface area contributed by atoms with Crippen molar-refractivity contribution in [2.75, 3.05) is 0 Å². The molecule has 0 saturated carbocycles. The van der Waals surface area contributed by atoms with Crippen LogP contribution >= 0.6 is 0 Å². The van der Waals surface area contributed by atoms with E-state index in [9.17, 15) is 4.79 Å². The SMILES string of the molecule is Cc1ccc(-c2ncc3cc(C(=O)O)ccn23)cc1. The summed E-state index contributed by atoms with van der Waals surface area (Å²) in [5, 5.41) is 8.97. The van der Waals surface area contributed by atoms with E-state index in [4.69, 9.17) is 5.11 Å². The van der Waals surface area contributed by atoms with Crippen molar-refractivity contribution in [2.45, 2.75) is 6.92 Å². The van der Waals surface area contributed by atoms with Gasteiger partial charge in [0, 0.05) is 11.8 Å². The van der Waals surface area contributed by atoms with Crippen molar-refractivity contribution in [3.05, 3.63) is 59.9 Å². The largest absolute Gasteiger partial charge is 0.478 e. The highest BCUT2D eigenvalue weighted by molar-refractivity contribution is 5.89. The molecule has 0 spiro atoms. The number of aromatic carboxylic acids is 1. The van der Waals surface area contributed by atoms with Crippen LogP contribution in [0.3, 0.4) is 0 Å². The van der Waals surface area contributed by atoms with E-state index in [0.717, 1.165) is 16.9 Å². The van der Waals surface area contributed by atoms with Crippen LogP contribution in [0.1, 0.15) is 15.9 Å². The maximum Gasteiger partial charge on any atom is 0.335 e. The van der Waals surface area contributed by atoms with Gasteiger partial charge in [-0.25, -0.2) is 9.78 Å². The summed E-state index contributed by atoms with van der Waals surface area (Å²) in [5.41, 5.74) is 3.24. The van der Waals surface area contributed by atoms with Crippen LogP contribution in [-0.4, -0.2) is 20.5 Å². The standard InChI is InChI=1S/C15H12N2O2/c1-10-2-4-11(5-3-10)14-16-9-13-8-12(15(18)19)6-7-17(13)14/h2-9H,1H3,(H,18,19). The minimum Gasteiger partial charge on any atom is -0.478 e. The lowest BCUT2D eigenvalue weighted by Crippen LogP contribution is -1.97. The van der Waals surface area contributed by atoms with Crippen molar-refractivity contribution in [2.24, 2.45) is 0 Å². The number of fused-ring (bicyclic) bond motifs is 1. The fraction of sp³-hybridized carbons (Fsp3) is 0.0667. The van der Waals surface area contributed by atoms with Crippen molar-refractivity contribution in [3.8, 4) is 11.4 Å². The molecule has 0 bridgehead atoms. The highest BCUT2D eigenvalue weighted by atomic mass is 16.4. The summed E-state index contributed by atoms with van der Waals surface area (Å²) in [6.45, 7) is 2.03. The van der Waals surface area contributed by atoms with Gasteiger partial charge in [-0.3, -0.25) is 4.40 Å². The molecule has 1 aromatic carbocycles. The van der Waals surface area contributed by atoms with Gasteiger partial charge in [-0.05, 0) is 19.1 Å². The van der Waals surface area contributed by atoms with Crippen molar-refractivity contribution in [3.63, 3.8) is 0 Å². The predicted octanol–water partition coefficient (Wildman–Crippen LogP) is 3.01. The Balaban J connectivity index is 2.15. The molecule has 0 unspecified atom stereocenters. The molecule has 3 aromatic rings. The van der Waals surface area contributed by atoms with Gasteiger partial charge in [-0.1, -0.05) is 29.8 Å². The van der Waals surface area contributed by atoms with Gasteiger partial charge in [-0.2, -0.15) is 0 Å². The number of carboxylic acids is 1. The number of pyridine rings is 1. The molecule has 1 N–H and O–H groups in total. The Hall–Kier alpha value is -2.62. The molecule has 0 aliphatic carbocycles. The molecule has 0 aliphatic rings. The third-order valence-electron chi connectivity index (χ3n) is 3.09. The van der Waals surface area contributed by atoms with E-state index in [0.29, 0.717) is 0 Å². The third kappa shape index (κ3) is 1.97. The van der Waals surface area contributed by atoms with Crippen LogP contribution in [0.4, 0.5) is 0 Å². The summed E-state index contributed by atoms with van der Waals surface area (Å²) in [6, 6.07) is 11.3. The topological polar surface area (TPSA) is 54.6 Å². The van der Waals surface area contributed by atoms with Gasteiger partial charge >= 0.3 is 5.97 Å². The monoisotopic (exact) mass is 252 g/mol. The zero-order valence-electron chi connectivity index (χ0n) is 10.4. The van der Waals surface area contributed by atoms with Crippen LogP contribution in [0.2, 0.25) is 0 Å². The number of imidazole rings is 1. The zero-order chi connectivity index (χ0) is 13.4. The number of benzene rings is 1. The quantitative estimate of drug-likeness (QED) is 0.762. The maximum absolute atomic E-state index is 10.9. The summed E-state index contributed by atoms with van der Waals surface area (Å²) in [7, 11) is 0. The number of hydrogen-bond acceptors (Lipinski definition) is 2. The lowest BCUT2D eigenvalue weighted by atomic mass is 10.1.